The number of unbranched alkanes of at least 4 members (excludes halogenated alkanes) is 6. The van der Waals surface area contributed by atoms with Gasteiger partial charge < -0.3 is 4.74 Å². The van der Waals surface area contributed by atoms with Gasteiger partial charge in [-0.15, -0.1) is 0 Å². The third-order valence-corrected chi connectivity index (χ3v) is 3.34. The molecule has 0 aromatic rings. The van der Waals surface area contributed by atoms with Crippen molar-refractivity contribution >= 4 is 5.97 Å². The summed E-state index contributed by atoms with van der Waals surface area (Å²) < 4.78 is 4.89. The third kappa shape index (κ3) is 13.4. The molecule has 2 nitrogen and oxygen atoms in total. The lowest BCUT2D eigenvalue weighted by molar-refractivity contribution is -0.141. The summed E-state index contributed by atoms with van der Waals surface area (Å²) in [6.45, 7) is 6.68. The van der Waals surface area contributed by atoms with E-state index in [-0.39, 0.29) is 5.97 Å². The molecule has 0 amide bonds. The van der Waals surface area contributed by atoms with Crippen molar-refractivity contribution in [1.29, 1.82) is 0 Å². The van der Waals surface area contributed by atoms with Gasteiger partial charge in [-0.25, -0.2) is 0 Å². The maximum absolute atomic E-state index is 10.5. The number of hydrogen-bond donors (Lipinski definition) is 0. The Morgan fingerprint density at radius 2 is 1.53 bits per heavy atom. The monoisotopic (exact) mass is 242 g/mol. The number of carbonyl (C=O) groups is 1. The summed E-state index contributed by atoms with van der Waals surface area (Å²) in [7, 11) is 0. The van der Waals surface area contributed by atoms with E-state index in [0.717, 1.165) is 12.3 Å². The minimum absolute atomic E-state index is 0.157. The van der Waals surface area contributed by atoms with E-state index in [4.69, 9.17) is 4.74 Å². The van der Waals surface area contributed by atoms with Gasteiger partial charge >= 0.3 is 5.97 Å². The second-order valence-corrected chi connectivity index (χ2v) is 5.12. The SMILES string of the molecule is CC[C@H](C)CCCCCCCCCOC(C)=O. The van der Waals surface area contributed by atoms with E-state index in [0.29, 0.717) is 6.61 Å². The molecule has 0 aliphatic heterocycles. The smallest absolute Gasteiger partial charge is 0.302 e. The Balaban J connectivity index is 3.01. The molecule has 0 bridgehead atoms. The first-order chi connectivity index (χ1) is 8.16. The highest BCUT2D eigenvalue weighted by Crippen LogP contribution is 2.14. The summed E-state index contributed by atoms with van der Waals surface area (Å²) in [5.41, 5.74) is 0. The van der Waals surface area contributed by atoms with Crippen LogP contribution in [0.3, 0.4) is 0 Å². The first-order valence-corrected chi connectivity index (χ1v) is 7.30. The summed E-state index contributed by atoms with van der Waals surface area (Å²) in [6, 6.07) is 0. The summed E-state index contributed by atoms with van der Waals surface area (Å²) in [5.74, 6) is 0.744. The highest BCUT2D eigenvalue weighted by Gasteiger charge is 1.98. The third-order valence-electron chi connectivity index (χ3n) is 3.34. The fraction of sp³-hybridized carbons (Fsp3) is 0.933. The van der Waals surface area contributed by atoms with Crippen molar-refractivity contribution in [3.63, 3.8) is 0 Å². The Hall–Kier alpha value is -0.530. The summed E-state index contributed by atoms with van der Waals surface area (Å²) in [4.78, 5) is 10.5. The van der Waals surface area contributed by atoms with Crippen LogP contribution in [0.4, 0.5) is 0 Å². The zero-order valence-electron chi connectivity index (χ0n) is 12.0. The molecule has 2 heteroatoms. The van der Waals surface area contributed by atoms with Crippen molar-refractivity contribution in [1.82, 2.24) is 0 Å². The zero-order valence-corrected chi connectivity index (χ0v) is 12.0. The van der Waals surface area contributed by atoms with Gasteiger partial charge in [0, 0.05) is 6.92 Å². The molecule has 0 heterocycles. The molecular formula is C15H30O2. The quantitative estimate of drug-likeness (QED) is 0.387. The van der Waals surface area contributed by atoms with E-state index < -0.39 is 0 Å². The van der Waals surface area contributed by atoms with E-state index in [2.05, 4.69) is 13.8 Å². The van der Waals surface area contributed by atoms with Gasteiger partial charge in [0.15, 0.2) is 0 Å². The van der Waals surface area contributed by atoms with Crippen LogP contribution in [-0.4, -0.2) is 12.6 Å². The van der Waals surface area contributed by atoms with Gasteiger partial charge in [-0.1, -0.05) is 65.2 Å². The van der Waals surface area contributed by atoms with Gasteiger partial charge in [0.2, 0.25) is 0 Å². The van der Waals surface area contributed by atoms with Gasteiger partial charge in [0.1, 0.15) is 0 Å². The lowest BCUT2D eigenvalue weighted by Crippen LogP contribution is -2.00. The van der Waals surface area contributed by atoms with Crippen LogP contribution in [-0.2, 0) is 9.53 Å². The number of esters is 1. The van der Waals surface area contributed by atoms with Crippen LogP contribution in [0.1, 0.15) is 78.6 Å². The van der Waals surface area contributed by atoms with Crippen LogP contribution in [0.2, 0.25) is 0 Å². The largest absolute Gasteiger partial charge is 0.466 e. The Morgan fingerprint density at radius 1 is 1.00 bits per heavy atom. The van der Waals surface area contributed by atoms with Crippen molar-refractivity contribution in [3.8, 4) is 0 Å². The Morgan fingerprint density at radius 3 is 2.06 bits per heavy atom. The Bertz CT molecular complexity index is 178. The topological polar surface area (TPSA) is 26.3 Å². The predicted molar refractivity (Wildman–Crippen MR) is 73.0 cm³/mol. The second kappa shape index (κ2) is 11.9. The highest BCUT2D eigenvalue weighted by atomic mass is 16.5. The van der Waals surface area contributed by atoms with Crippen molar-refractivity contribution in [2.45, 2.75) is 78.6 Å². The maximum atomic E-state index is 10.5. The maximum Gasteiger partial charge on any atom is 0.302 e. The molecule has 0 radical (unpaired) electrons. The van der Waals surface area contributed by atoms with Gasteiger partial charge in [0.05, 0.1) is 6.61 Å². The standard InChI is InChI=1S/C15H30O2/c1-4-14(2)12-10-8-6-5-7-9-11-13-17-15(3)16/h14H,4-13H2,1-3H3/t14-/m0/s1. The highest BCUT2D eigenvalue weighted by molar-refractivity contribution is 5.65. The number of rotatable bonds is 11. The second-order valence-electron chi connectivity index (χ2n) is 5.12. The first kappa shape index (κ1) is 16.5. The van der Waals surface area contributed by atoms with Crippen molar-refractivity contribution < 1.29 is 9.53 Å². The van der Waals surface area contributed by atoms with Gasteiger partial charge in [-0.05, 0) is 12.3 Å². The van der Waals surface area contributed by atoms with Gasteiger partial charge in [0.25, 0.3) is 0 Å². The molecule has 17 heavy (non-hydrogen) atoms. The van der Waals surface area contributed by atoms with E-state index >= 15 is 0 Å². The zero-order chi connectivity index (χ0) is 12.9. The van der Waals surface area contributed by atoms with Crippen molar-refractivity contribution in [2.75, 3.05) is 6.61 Å². The van der Waals surface area contributed by atoms with Crippen molar-refractivity contribution in [2.24, 2.45) is 5.92 Å². The normalized spacial score (nSPS) is 12.4. The molecule has 102 valence electrons. The fourth-order valence-electron chi connectivity index (χ4n) is 1.90. The van der Waals surface area contributed by atoms with E-state index in [9.17, 15) is 4.79 Å². The molecule has 0 saturated carbocycles. The lowest BCUT2D eigenvalue weighted by atomic mass is 10.00. The minimum atomic E-state index is -0.157. The molecule has 1 atom stereocenters. The first-order valence-electron chi connectivity index (χ1n) is 7.30. The lowest BCUT2D eigenvalue weighted by Gasteiger charge is -2.07. The van der Waals surface area contributed by atoms with Gasteiger partial charge in [-0.3, -0.25) is 4.79 Å². The molecule has 0 rings (SSSR count). The minimum Gasteiger partial charge on any atom is -0.466 e. The average Bonchev–Trinajstić information content (AvgIpc) is 2.30. The molecular weight excluding hydrogens is 212 g/mol. The fourth-order valence-corrected chi connectivity index (χ4v) is 1.90. The summed E-state index contributed by atoms with van der Waals surface area (Å²) in [6.07, 6.45) is 11.7. The molecule has 0 unspecified atom stereocenters. The van der Waals surface area contributed by atoms with Crippen LogP contribution in [0.5, 0.6) is 0 Å². The molecule has 0 aliphatic rings. The van der Waals surface area contributed by atoms with E-state index in [1.165, 1.54) is 58.3 Å². The molecule has 0 aliphatic carbocycles. The molecule has 0 aromatic carbocycles. The number of hydrogen-bond acceptors (Lipinski definition) is 2. The van der Waals surface area contributed by atoms with Crippen LogP contribution in [0.25, 0.3) is 0 Å². The molecule has 0 aromatic heterocycles. The van der Waals surface area contributed by atoms with E-state index in [1.54, 1.807) is 0 Å². The average molecular weight is 242 g/mol. The van der Waals surface area contributed by atoms with Crippen molar-refractivity contribution in [3.05, 3.63) is 0 Å². The summed E-state index contributed by atoms with van der Waals surface area (Å²) >= 11 is 0. The van der Waals surface area contributed by atoms with Crippen LogP contribution in [0.15, 0.2) is 0 Å². The Kier molecular flexibility index (Phi) is 11.6. The van der Waals surface area contributed by atoms with E-state index in [1.807, 2.05) is 0 Å². The van der Waals surface area contributed by atoms with Gasteiger partial charge in [-0.2, -0.15) is 0 Å². The van der Waals surface area contributed by atoms with Crippen LogP contribution >= 0.6 is 0 Å². The van der Waals surface area contributed by atoms with Crippen LogP contribution in [0, 0.1) is 5.92 Å². The molecule has 0 fully saturated rings. The molecule has 0 spiro atoms. The number of ether oxygens (including phenoxy) is 1. The number of carbonyl (C=O) groups excluding carboxylic acids is 1. The van der Waals surface area contributed by atoms with Crippen LogP contribution < -0.4 is 0 Å². The predicted octanol–water partition coefficient (Wildman–Crippen LogP) is 4.72. The summed E-state index contributed by atoms with van der Waals surface area (Å²) in [5, 5.41) is 0. The molecule has 0 N–H and O–H groups in total. The Labute approximate surface area is 107 Å². The molecule has 0 saturated heterocycles.